The number of hydrogen-bond donors (Lipinski definition) is 0. The minimum absolute atomic E-state index is 0. The number of ether oxygens (including phenoxy) is 2. The van der Waals surface area contributed by atoms with Gasteiger partial charge in [-0.05, 0) is 23.5 Å². The van der Waals surface area contributed by atoms with E-state index in [0.717, 1.165) is 33.2 Å². The van der Waals surface area contributed by atoms with E-state index in [-0.39, 0.29) is 165 Å². The van der Waals surface area contributed by atoms with Gasteiger partial charge in [-0.2, -0.15) is 0 Å². The van der Waals surface area contributed by atoms with Crippen LogP contribution >= 0.6 is 17.7 Å². The molecule has 0 radical (unpaired) electrons. The molecule has 0 bridgehead atoms. The maximum atomic E-state index is 11.5. The molecule has 2 aliphatic heterocycles. The van der Waals surface area contributed by atoms with Crippen LogP contribution in [0.4, 0.5) is 0 Å². The van der Waals surface area contributed by atoms with Gasteiger partial charge in [0.2, 0.25) is 0 Å². The van der Waals surface area contributed by atoms with Gasteiger partial charge in [0, 0.05) is 162 Å². The molecule has 0 saturated carbocycles. The van der Waals surface area contributed by atoms with Crippen LogP contribution in [0.15, 0.2) is 36.4 Å². The summed E-state index contributed by atoms with van der Waals surface area (Å²) in [6, 6.07) is 11.7. The van der Waals surface area contributed by atoms with E-state index in [2.05, 4.69) is 15.3 Å². The molecule has 132 valence electrons. The number of fused-ring (bicyclic) bond motifs is 4. The van der Waals surface area contributed by atoms with Crippen molar-refractivity contribution in [1.29, 1.82) is 0 Å². The van der Waals surface area contributed by atoms with Crippen molar-refractivity contribution in [3.05, 3.63) is 47.5 Å². The summed E-state index contributed by atoms with van der Waals surface area (Å²) < 4.78 is 23.2. The van der Waals surface area contributed by atoms with Crippen LogP contribution in [0, 0.1) is 151 Å². The van der Waals surface area contributed by atoms with E-state index in [1.807, 2.05) is 30.3 Å². The van der Waals surface area contributed by atoms with E-state index >= 15 is 0 Å². The van der Waals surface area contributed by atoms with Gasteiger partial charge >= 0.3 is 0 Å². The van der Waals surface area contributed by atoms with Gasteiger partial charge in [0.05, 0.1) is 10.7 Å². The Bertz CT molecular complexity index is 741. The van der Waals surface area contributed by atoms with E-state index in [4.69, 9.17) is 9.47 Å². The monoisotopic (exact) mass is 462 g/mol. The topological polar surface area (TPSA) is 35.5 Å². The molecular formula is C15H12Ar4O3P2. The molecular weight excluding hydrogens is 450 g/mol. The van der Waals surface area contributed by atoms with Crippen LogP contribution in [0.1, 0.15) is 11.1 Å². The second kappa shape index (κ2) is 11.7. The van der Waals surface area contributed by atoms with Crippen LogP contribution in [0.2, 0.25) is 0 Å². The Morgan fingerprint density at radius 3 is 2.00 bits per heavy atom. The Kier molecular flexibility index (Phi) is 13.5. The molecule has 2 heterocycles. The largest absolute Gasteiger partial charge is 0.492 e. The molecule has 2 aromatic rings. The molecule has 0 N–H and O–H groups in total. The predicted molar refractivity (Wildman–Crippen MR) is 81.2 cm³/mol. The summed E-state index contributed by atoms with van der Waals surface area (Å²) in [6.45, 7) is 1.07. The molecule has 0 amide bonds. The molecule has 4 rings (SSSR count). The Morgan fingerprint density at radius 1 is 0.875 bits per heavy atom. The molecule has 0 aromatic heterocycles. The quantitative estimate of drug-likeness (QED) is 0.611. The summed E-state index contributed by atoms with van der Waals surface area (Å²) in [6.07, 6.45) is 0. The van der Waals surface area contributed by atoms with Crippen molar-refractivity contribution in [3.8, 4) is 11.5 Å². The Labute approximate surface area is 265 Å². The molecule has 2 aliphatic rings. The van der Waals surface area contributed by atoms with E-state index in [9.17, 15) is 4.57 Å². The first-order valence-electron chi connectivity index (χ1n) is 6.38. The van der Waals surface area contributed by atoms with Gasteiger partial charge < -0.3 is 9.47 Å². The number of rotatable bonds is 1. The van der Waals surface area contributed by atoms with Crippen LogP contribution in [0.5, 0.6) is 11.5 Å². The third-order valence-electron chi connectivity index (χ3n) is 4.07. The van der Waals surface area contributed by atoms with Crippen molar-refractivity contribution >= 4 is 28.3 Å². The fourth-order valence-corrected chi connectivity index (χ4v) is 4.33. The van der Waals surface area contributed by atoms with Crippen molar-refractivity contribution in [2.24, 2.45) is 0 Å². The zero-order chi connectivity index (χ0) is 13.7. The normalized spacial score (nSPS) is 18.7. The fraction of sp³-hybridized carbons (Fsp3) is 0.200. The summed E-state index contributed by atoms with van der Waals surface area (Å²) >= 11 is 0. The molecule has 3 nitrogen and oxygen atoms in total. The summed E-state index contributed by atoms with van der Waals surface area (Å²) in [5, 5.41) is 1.89. The van der Waals surface area contributed by atoms with Crippen LogP contribution in [0.3, 0.4) is 0 Å². The molecule has 0 aliphatic carbocycles. The first-order valence-corrected chi connectivity index (χ1v) is 7.77. The minimum Gasteiger partial charge on any atom is -0.492 e. The van der Waals surface area contributed by atoms with Crippen molar-refractivity contribution in [2.75, 3.05) is 13.2 Å². The minimum atomic E-state index is -0.336. The van der Waals surface area contributed by atoms with E-state index in [1.165, 1.54) is 0 Å². The first-order chi connectivity index (χ1) is 9.76. The van der Waals surface area contributed by atoms with Crippen LogP contribution in [-0.4, -0.2) is 13.2 Å². The Hall–Kier alpha value is 3.61. The van der Waals surface area contributed by atoms with E-state index in [0.29, 0.717) is 13.2 Å². The van der Waals surface area contributed by atoms with Gasteiger partial charge in [0.15, 0.2) is 8.46 Å². The van der Waals surface area contributed by atoms with Crippen LogP contribution < -0.4 is 20.1 Å². The van der Waals surface area contributed by atoms with Gasteiger partial charge in [-0.1, -0.05) is 18.2 Å². The SMILES string of the molecule is O=Pc1cccc2c1C1(COc3cccc(P)c31)CO2.[Ar].[Ar].[Ar].[Ar]. The zero-order valence-corrected chi connectivity index (χ0v) is 16.9. The fourth-order valence-electron chi connectivity index (χ4n) is 3.23. The standard InChI is InChI=1S/C15H12O3P2.4Ar/c16-20-12-6-2-4-10-14(12)15(8-18-10)7-17-9-3-1-5-11(19)13(9)15;;;;/h1-6H,7-8,19H2;;;;. The maximum absolute atomic E-state index is 11.5. The van der Waals surface area contributed by atoms with Gasteiger partial charge in [0.25, 0.3) is 0 Å². The second-order valence-corrected chi connectivity index (χ2v) is 6.41. The van der Waals surface area contributed by atoms with Crippen molar-refractivity contribution in [3.63, 3.8) is 0 Å². The van der Waals surface area contributed by atoms with E-state index in [1.54, 1.807) is 0 Å². The molecule has 2 aromatic carbocycles. The number of benzene rings is 2. The van der Waals surface area contributed by atoms with Gasteiger partial charge in [-0.15, -0.1) is 9.24 Å². The van der Waals surface area contributed by atoms with Gasteiger partial charge in [-0.3, -0.25) is 4.57 Å². The van der Waals surface area contributed by atoms with Crippen LogP contribution in [-0.2, 0) is 9.98 Å². The van der Waals surface area contributed by atoms with E-state index < -0.39 is 0 Å². The number of hydrogen-bond acceptors (Lipinski definition) is 3. The third kappa shape index (κ3) is 4.67. The van der Waals surface area contributed by atoms with Crippen molar-refractivity contribution in [2.45, 2.75) is 5.41 Å². The van der Waals surface area contributed by atoms with Crippen molar-refractivity contribution < 1.29 is 165 Å². The molecule has 0 saturated heterocycles. The second-order valence-electron chi connectivity index (χ2n) is 5.12. The zero-order valence-electron chi connectivity index (χ0n) is 12.0. The summed E-state index contributed by atoms with van der Waals surface area (Å²) in [7, 11) is 2.79. The Balaban J connectivity index is 0.00000132. The third-order valence-corrected chi connectivity index (χ3v) is 5.12. The average molecular weight is 462 g/mol. The maximum Gasteiger partial charge on any atom is 0.192 e. The smallest absolute Gasteiger partial charge is 0.192 e. The summed E-state index contributed by atoms with van der Waals surface area (Å²) in [5.41, 5.74) is 1.81. The molecule has 1 spiro atoms. The van der Waals surface area contributed by atoms with Crippen molar-refractivity contribution in [1.82, 2.24) is 0 Å². The molecule has 2 atom stereocenters. The van der Waals surface area contributed by atoms with Gasteiger partial charge in [-0.25, -0.2) is 0 Å². The molecule has 24 heavy (non-hydrogen) atoms. The first kappa shape index (κ1) is 27.6. The molecule has 2 unspecified atom stereocenters. The van der Waals surface area contributed by atoms with Crippen LogP contribution in [0.25, 0.3) is 0 Å². The summed E-state index contributed by atoms with van der Waals surface area (Å²) in [4.78, 5) is 0. The average Bonchev–Trinajstić information content (AvgIpc) is 3.03. The Morgan fingerprint density at radius 2 is 1.42 bits per heavy atom. The summed E-state index contributed by atoms with van der Waals surface area (Å²) in [5.74, 6) is 1.71. The predicted octanol–water partition coefficient (Wildman–Crippen LogP) is 2.17. The molecule has 0 fully saturated rings. The molecule has 9 heteroatoms. The van der Waals surface area contributed by atoms with Gasteiger partial charge in [0.1, 0.15) is 24.7 Å².